The van der Waals surface area contributed by atoms with Crippen molar-refractivity contribution in [1.29, 1.82) is 0 Å². The molecule has 0 amide bonds. The third-order valence-corrected chi connectivity index (χ3v) is 3.60. The summed E-state index contributed by atoms with van der Waals surface area (Å²) in [6.07, 6.45) is -2.04. The van der Waals surface area contributed by atoms with Crippen LogP contribution in [0.5, 0.6) is 0 Å². The number of carbonyl (C=O) groups is 3. The van der Waals surface area contributed by atoms with Gasteiger partial charge in [0.25, 0.3) is 0 Å². The van der Waals surface area contributed by atoms with E-state index in [0.717, 1.165) is 0 Å². The number of rotatable bonds is 1. The average Bonchev–Trinajstić information content (AvgIpc) is 2.44. The SMILES string of the molecule is CC(=O)[C@H]1C[C@H](O)C2=C(O1)C(=O)c1ccccc1C2=O. The van der Waals surface area contributed by atoms with Gasteiger partial charge in [-0.1, -0.05) is 24.3 Å². The van der Waals surface area contributed by atoms with Crippen molar-refractivity contribution >= 4 is 17.3 Å². The number of aliphatic hydroxyl groups is 1. The number of hydrogen-bond acceptors (Lipinski definition) is 5. The van der Waals surface area contributed by atoms with Gasteiger partial charge in [-0.3, -0.25) is 14.4 Å². The zero-order chi connectivity index (χ0) is 14.4. The number of fused-ring (bicyclic) bond motifs is 1. The van der Waals surface area contributed by atoms with Gasteiger partial charge in [0, 0.05) is 17.5 Å². The molecule has 1 aliphatic heterocycles. The maximum Gasteiger partial charge on any atom is 0.228 e. The minimum atomic E-state index is -1.16. The first-order valence-corrected chi connectivity index (χ1v) is 6.28. The van der Waals surface area contributed by atoms with E-state index in [-0.39, 0.29) is 34.7 Å². The van der Waals surface area contributed by atoms with E-state index in [1.165, 1.54) is 13.0 Å². The van der Waals surface area contributed by atoms with Crippen molar-refractivity contribution in [2.24, 2.45) is 0 Å². The number of allylic oxidation sites excluding steroid dienone is 1. The average molecular weight is 272 g/mol. The van der Waals surface area contributed by atoms with Crippen LogP contribution >= 0.6 is 0 Å². The summed E-state index contributed by atoms with van der Waals surface area (Å²) in [6.45, 7) is 1.33. The molecule has 5 heteroatoms. The van der Waals surface area contributed by atoms with Gasteiger partial charge in [-0.2, -0.15) is 0 Å². The lowest BCUT2D eigenvalue weighted by atomic mass is 9.82. The van der Waals surface area contributed by atoms with Gasteiger partial charge in [0.05, 0.1) is 11.7 Å². The molecule has 1 aromatic carbocycles. The number of Topliss-reactive ketones (excluding diaryl/α,β-unsaturated/α-hetero) is 3. The van der Waals surface area contributed by atoms with Crippen molar-refractivity contribution in [3.05, 3.63) is 46.7 Å². The van der Waals surface area contributed by atoms with E-state index < -0.39 is 23.8 Å². The van der Waals surface area contributed by atoms with Gasteiger partial charge >= 0.3 is 0 Å². The van der Waals surface area contributed by atoms with Crippen molar-refractivity contribution in [2.75, 3.05) is 0 Å². The van der Waals surface area contributed by atoms with E-state index in [1.807, 2.05) is 0 Å². The molecular weight excluding hydrogens is 260 g/mol. The molecule has 0 spiro atoms. The predicted molar refractivity (Wildman–Crippen MR) is 68.3 cm³/mol. The Hall–Kier alpha value is -2.27. The Kier molecular flexibility index (Phi) is 2.79. The van der Waals surface area contributed by atoms with Gasteiger partial charge in [0.2, 0.25) is 5.78 Å². The lowest BCUT2D eigenvalue weighted by molar-refractivity contribution is -0.128. The Labute approximate surface area is 114 Å². The molecule has 5 nitrogen and oxygen atoms in total. The molecule has 0 unspecified atom stereocenters. The molecule has 2 atom stereocenters. The highest BCUT2D eigenvalue weighted by molar-refractivity contribution is 6.26. The third-order valence-electron chi connectivity index (χ3n) is 3.60. The van der Waals surface area contributed by atoms with Gasteiger partial charge in [0.15, 0.2) is 23.4 Å². The second-order valence-electron chi connectivity index (χ2n) is 4.92. The van der Waals surface area contributed by atoms with Crippen molar-refractivity contribution < 1.29 is 24.2 Å². The van der Waals surface area contributed by atoms with Crippen LogP contribution in [0.3, 0.4) is 0 Å². The van der Waals surface area contributed by atoms with Crippen LogP contribution < -0.4 is 0 Å². The van der Waals surface area contributed by atoms with E-state index >= 15 is 0 Å². The van der Waals surface area contributed by atoms with Gasteiger partial charge in [0.1, 0.15) is 0 Å². The summed E-state index contributed by atoms with van der Waals surface area (Å²) in [5.74, 6) is -1.34. The molecule has 1 aromatic rings. The van der Waals surface area contributed by atoms with Crippen LogP contribution in [0.2, 0.25) is 0 Å². The van der Waals surface area contributed by atoms with Crippen LogP contribution in [-0.2, 0) is 9.53 Å². The van der Waals surface area contributed by atoms with Crippen LogP contribution in [0.25, 0.3) is 0 Å². The standard InChI is InChI=1S/C15H12O5/c1-7(16)11-6-10(17)12-13(18)8-4-2-3-5-9(8)14(19)15(12)20-11/h2-5,10-11,17H,6H2,1H3/t10-,11+/m0/s1. The second-order valence-corrected chi connectivity index (χ2v) is 4.92. The number of benzene rings is 1. The summed E-state index contributed by atoms with van der Waals surface area (Å²) >= 11 is 0. The molecule has 0 saturated carbocycles. The molecule has 1 N–H and O–H groups in total. The first-order chi connectivity index (χ1) is 9.50. The highest BCUT2D eigenvalue weighted by atomic mass is 16.5. The molecule has 2 aliphatic rings. The van der Waals surface area contributed by atoms with Gasteiger partial charge in [-0.25, -0.2) is 0 Å². The van der Waals surface area contributed by atoms with Crippen LogP contribution in [0, 0.1) is 0 Å². The lowest BCUT2D eigenvalue weighted by Crippen LogP contribution is -2.40. The Morgan fingerprint density at radius 1 is 1.20 bits per heavy atom. The lowest BCUT2D eigenvalue weighted by Gasteiger charge is -2.32. The Morgan fingerprint density at radius 2 is 1.80 bits per heavy atom. The molecule has 102 valence electrons. The normalized spacial score (nSPS) is 24.9. The van der Waals surface area contributed by atoms with Crippen LogP contribution in [-0.4, -0.2) is 34.7 Å². The topological polar surface area (TPSA) is 80.7 Å². The minimum Gasteiger partial charge on any atom is -0.478 e. The molecule has 0 bridgehead atoms. The zero-order valence-electron chi connectivity index (χ0n) is 10.8. The van der Waals surface area contributed by atoms with Gasteiger partial charge in [-0.05, 0) is 6.92 Å². The van der Waals surface area contributed by atoms with Crippen LogP contribution in [0.4, 0.5) is 0 Å². The molecule has 0 saturated heterocycles. The van der Waals surface area contributed by atoms with E-state index in [1.54, 1.807) is 18.2 Å². The number of hydrogen-bond donors (Lipinski definition) is 1. The Morgan fingerprint density at radius 3 is 2.40 bits per heavy atom. The summed E-state index contributed by atoms with van der Waals surface area (Å²) in [7, 11) is 0. The second kappa shape index (κ2) is 4.38. The highest BCUT2D eigenvalue weighted by Gasteiger charge is 2.42. The molecule has 0 aromatic heterocycles. The van der Waals surface area contributed by atoms with E-state index in [0.29, 0.717) is 0 Å². The van der Waals surface area contributed by atoms with E-state index in [4.69, 9.17) is 4.74 Å². The molecule has 20 heavy (non-hydrogen) atoms. The maximum absolute atomic E-state index is 12.4. The van der Waals surface area contributed by atoms with Gasteiger partial charge in [-0.15, -0.1) is 0 Å². The fourth-order valence-electron chi connectivity index (χ4n) is 2.55. The fraction of sp³-hybridized carbons (Fsp3) is 0.267. The maximum atomic E-state index is 12.4. The summed E-state index contributed by atoms with van der Waals surface area (Å²) in [4.78, 5) is 36.1. The van der Waals surface area contributed by atoms with E-state index in [9.17, 15) is 19.5 Å². The van der Waals surface area contributed by atoms with E-state index in [2.05, 4.69) is 0 Å². The van der Waals surface area contributed by atoms with Crippen molar-refractivity contribution in [1.82, 2.24) is 0 Å². The largest absolute Gasteiger partial charge is 0.478 e. The smallest absolute Gasteiger partial charge is 0.228 e. The predicted octanol–water partition coefficient (Wildman–Crippen LogP) is 1.06. The Bertz CT molecular complexity index is 671. The summed E-state index contributed by atoms with van der Waals surface area (Å²) in [6, 6.07) is 6.39. The minimum absolute atomic E-state index is 0.00461. The fourth-order valence-corrected chi connectivity index (χ4v) is 2.55. The summed E-state index contributed by atoms with van der Waals surface area (Å²) in [5.41, 5.74) is 0.471. The van der Waals surface area contributed by atoms with Crippen LogP contribution in [0.1, 0.15) is 34.1 Å². The molecule has 1 aliphatic carbocycles. The molecule has 0 radical (unpaired) electrons. The first-order valence-electron chi connectivity index (χ1n) is 6.28. The molecular formula is C15H12O5. The molecule has 0 fully saturated rings. The Balaban J connectivity index is 2.14. The monoisotopic (exact) mass is 272 g/mol. The summed E-state index contributed by atoms with van der Waals surface area (Å²) < 4.78 is 5.36. The number of carbonyl (C=O) groups excluding carboxylic acids is 3. The molecule has 3 rings (SSSR count). The number of ether oxygens (including phenoxy) is 1. The number of ketones is 3. The molecule has 1 heterocycles. The summed E-state index contributed by atoms with van der Waals surface area (Å²) in [5, 5.41) is 10.1. The van der Waals surface area contributed by atoms with Crippen molar-refractivity contribution in [3.63, 3.8) is 0 Å². The van der Waals surface area contributed by atoms with Gasteiger partial charge < -0.3 is 9.84 Å². The highest BCUT2D eigenvalue weighted by Crippen LogP contribution is 2.34. The first kappa shape index (κ1) is 12.7. The van der Waals surface area contributed by atoms with Crippen molar-refractivity contribution in [3.8, 4) is 0 Å². The quantitative estimate of drug-likeness (QED) is 0.826. The zero-order valence-corrected chi connectivity index (χ0v) is 10.8. The number of aliphatic hydroxyl groups excluding tert-OH is 1. The van der Waals surface area contributed by atoms with Crippen LogP contribution in [0.15, 0.2) is 35.6 Å². The third kappa shape index (κ3) is 1.71. The van der Waals surface area contributed by atoms with Crippen molar-refractivity contribution in [2.45, 2.75) is 25.6 Å².